The lowest BCUT2D eigenvalue weighted by atomic mass is 9.97. The molecule has 152 valence electrons. The maximum Gasteiger partial charge on any atom is 0.240 e. The molecule has 0 aliphatic heterocycles. The molecular weight excluding hydrogens is 359 g/mol. The summed E-state index contributed by atoms with van der Waals surface area (Å²) in [7, 11) is 1.65. The predicted octanol–water partition coefficient (Wildman–Crippen LogP) is 3.25. The quantitative estimate of drug-likeness (QED) is 0.475. The van der Waals surface area contributed by atoms with Gasteiger partial charge in [-0.2, -0.15) is 0 Å². The topological polar surface area (TPSA) is 95.5 Å². The van der Waals surface area contributed by atoms with Crippen molar-refractivity contribution in [3.63, 3.8) is 0 Å². The van der Waals surface area contributed by atoms with Crippen LogP contribution in [0.15, 0.2) is 30.3 Å². The average Bonchev–Trinajstić information content (AvgIpc) is 2.66. The van der Waals surface area contributed by atoms with E-state index in [1.165, 1.54) is 17.1 Å². The standard InChI is InChI=1S/C21H29FN4O2/c1-5-16(27)12-17(28)10-11-18-19(13(2)3)24-21(26(4)23)25-20(18)14-6-8-15(22)9-7-14/h6-11,13,16-17,27-28H,5,12,23H2,1-4H3/b11-10+. The Kier molecular flexibility index (Phi) is 7.62. The summed E-state index contributed by atoms with van der Waals surface area (Å²) in [5.74, 6) is 5.94. The van der Waals surface area contributed by atoms with Crippen molar-refractivity contribution in [3.05, 3.63) is 47.4 Å². The molecule has 0 bridgehead atoms. The van der Waals surface area contributed by atoms with Crippen LogP contribution in [-0.4, -0.2) is 39.4 Å². The Balaban J connectivity index is 2.58. The zero-order valence-electron chi connectivity index (χ0n) is 16.8. The molecule has 2 unspecified atom stereocenters. The van der Waals surface area contributed by atoms with Crippen LogP contribution in [-0.2, 0) is 0 Å². The molecule has 0 saturated heterocycles. The minimum absolute atomic E-state index is 0.0684. The van der Waals surface area contributed by atoms with Gasteiger partial charge in [-0.25, -0.2) is 20.2 Å². The first kappa shape index (κ1) is 21.9. The van der Waals surface area contributed by atoms with Crippen molar-refractivity contribution in [2.24, 2.45) is 5.84 Å². The maximum atomic E-state index is 13.4. The summed E-state index contributed by atoms with van der Waals surface area (Å²) in [5.41, 5.74) is 2.82. The van der Waals surface area contributed by atoms with E-state index in [9.17, 15) is 14.6 Å². The molecule has 0 amide bonds. The number of hydrogen-bond donors (Lipinski definition) is 3. The van der Waals surface area contributed by atoms with Gasteiger partial charge in [0.25, 0.3) is 0 Å². The summed E-state index contributed by atoms with van der Waals surface area (Å²) in [6.45, 7) is 5.87. The first-order valence-electron chi connectivity index (χ1n) is 9.43. The number of benzene rings is 1. The molecule has 0 aliphatic carbocycles. The zero-order chi connectivity index (χ0) is 20.8. The van der Waals surface area contributed by atoms with Gasteiger partial charge in [0.2, 0.25) is 5.95 Å². The summed E-state index contributed by atoms with van der Waals surface area (Å²) in [6, 6.07) is 6.05. The monoisotopic (exact) mass is 388 g/mol. The molecule has 1 aromatic carbocycles. The van der Waals surface area contributed by atoms with Crippen molar-refractivity contribution in [1.29, 1.82) is 0 Å². The molecule has 1 heterocycles. The lowest BCUT2D eigenvalue weighted by molar-refractivity contribution is 0.102. The van der Waals surface area contributed by atoms with E-state index in [-0.39, 0.29) is 18.2 Å². The number of nitrogens with zero attached hydrogens (tertiary/aromatic N) is 3. The second kappa shape index (κ2) is 9.73. The Morgan fingerprint density at radius 2 is 1.82 bits per heavy atom. The van der Waals surface area contributed by atoms with E-state index >= 15 is 0 Å². The van der Waals surface area contributed by atoms with Gasteiger partial charge in [-0.3, -0.25) is 5.01 Å². The van der Waals surface area contributed by atoms with Crippen LogP contribution in [0.25, 0.3) is 17.3 Å². The fourth-order valence-electron chi connectivity index (χ4n) is 2.80. The van der Waals surface area contributed by atoms with E-state index in [1.54, 1.807) is 31.3 Å². The van der Waals surface area contributed by atoms with E-state index < -0.39 is 12.2 Å². The van der Waals surface area contributed by atoms with Gasteiger partial charge in [0.05, 0.1) is 23.6 Å². The van der Waals surface area contributed by atoms with Crippen molar-refractivity contribution in [2.75, 3.05) is 12.1 Å². The van der Waals surface area contributed by atoms with Crippen molar-refractivity contribution in [1.82, 2.24) is 9.97 Å². The Bertz CT molecular complexity index is 807. The van der Waals surface area contributed by atoms with Crippen LogP contribution in [0.5, 0.6) is 0 Å². The molecule has 0 fully saturated rings. The molecule has 0 saturated carbocycles. The lowest BCUT2D eigenvalue weighted by Crippen LogP contribution is -2.28. The van der Waals surface area contributed by atoms with Crippen LogP contribution >= 0.6 is 0 Å². The number of aromatic nitrogens is 2. The number of aliphatic hydroxyl groups is 2. The highest BCUT2D eigenvalue weighted by molar-refractivity contribution is 5.74. The van der Waals surface area contributed by atoms with E-state index in [4.69, 9.17) is 5.84 Å². The fourth-order valence-corrected chi connectivity index (χ4v) is 2.80. The number of nitrogens with two attached hydrogens (primary N) is 1. The minimum Gasteiger partial charge on any atom is -0.393 e. The SMILES string of the molecule is CCC(O)CC(O)/C=C/c1c(-c2ccc(F)cc2)nc(N(C)N)nc1C(C)C. The molecule has 2 atom stereocenters. The van der Waals surface area contributed by atoms with Gasteiger partial charge >= 0.3 is 0 Å². The van der Waals surface area contributed by atoms with Gasteiger partial charge in [-0.15, -0.1) is 0 Å². The summed E-state index contributed by atoms with van der Waals surface area (Å²) < 4.78 is 13.4. The molecule has 2 rings (SSSR count). The Morgan fingerprint density at radius 3 is 2.36 bits per heavy atom. The van der Waals surface area contributed by atoms with Crippen molar-refractivity contribution >= 4 is 12.0 Å². The van der Waals surface area contributed by atoms with Crippen LogP contribution in [0, 0.1) is 5.82 Å². The van der Waals surface area contributed by atoms with Gasteiger partial charge in [-0.1, -0.05) is 32.9 Å². The lowest BCUT2D eigenvalue weighted by Gasteiger charge is -2.19. The van der Waals surface area contributed by atoms with E-state index in [0.717, 1.165) is 16.8 Å². The van der Waals surface area contributed by atoms with Gasteiger partial charge in [-0.05, 0) is 36.6 Å². The Hall–Kier alpha value is -2.35. The van der Waals surface area contributed by atoms with Gasteiger partial charge in [0.15, 0.2) is 0 Å². The zero-order valence-corrected chi connectivity index (χ0v) is 16.8. The Labute approximate surface area is 165 Å². The van der Waals surface area contributed by atoms with Crippen molar-refractivity contribution in [2.45, 2.75) is 51.7 Å². The second-order valence-corrected chi connectivity index (χ2v) is 7.17. The molecule has 0 spiro atoms. The largest absolute Gasteiger partial charge is 0.393 e. The number of rotatable bonds is 8. The molecule has 2 aromatic rings. The molecule has 6 nitrogen and oxygen atoms in total. The number of hydrogen-bond acceptors (Lipinski definition) is 6. The molecular formula is C21H29FN4O2. The summed E-state index contributed by atoms with van der Waals surface area (Å²) >= 11 is 0. The smallest absolute Gasteiger partial charge is 0.240 e. The molecule has 0 radical (unpaired) electrons. The van der Waals surface area contributed by atoms with Gasteiger partial charge in [0.1, 0.15) is 5.82 Å². The summed E-state index contributed by atoms with van der Waals surface area (Å²) in [6.07, 6.45) is 2.85. The third-order valence-corrected chi connectivity index (χ3v) is 4.41. The van der Waals surface area contributed by atoms with Crippen LogP contribution in [0.1, 0.15) is 50.8 Å². The fraction of sp³-hybridized carbons (Fsp3) is 0.429. The molecule has 4 N–H and O–H groups in total. The summed E-state index contributed by atoms with van der Waals surface area (Å²) in [5, 5.41) is 21.3. The summed E-state index contributed by atoms with van der Waals surface area (Å²) in [4.78, 5) is 9.12. The number of anilines is 1. The highest BCUT2D eigenvalue weighted by atomic mass is 19.1. The highest BCUT2D eigenvalue weighted by Gasteiger charge is 2.18. The third-order valence-electron chi connectivity index (χ3n) is 4.41. The minimum atomic E-state index is -0.798. The normalized spacial score (nSPS) is 13.9. The highest BCUT2D eigenvalue weighted by Crippen LogP contribution is 2.31. The average molecular weight is 388 g/mol. The number of aliphatic hydroxyl groups excluding tert-OH is 2. The van der Waals surface area contributed by atoms with Crippen LogP contribution in [0.2, 0.25) is 0 Å². The van der Waals surface area contributed by atoms with E-state index in [0.29, 0.717) is 18.1 Å². The first-order chi connectivity index (χ1) is 13.2. The molecule has 0 aliphatic rings. The molecule has 7 heteroatoms. The van der Waals surface area contributed by atoms with E-state index in [2.05, 4.69) is 9.97 Å². The number of hydrazine groups is 1. The van der Waals surface area contributed by atoms with E-state index in [1.807, 2.05) is 20.8 Å². The molecule has 28 heavy (non-hydrogen) atoms. The second-order valence-electron chi connectivity index (χ2n) is 7.17. The molecule has 1 aromatic heterocycles. The van der Waals surface area contributed by atoms with Crippen LogP contribution in [0.4, 0.5) is 10.3 Å². The third kappa shape index (κ3) is 5.58. The van der Waals surface area contributed by atoms with Crippen molar-refractivity contribution < 1.29 is 14.6 Å². The first-order valence-corrected chi connectivity index (χ1v) is 9.43. The Morgan fingerprint density at radius 1 is 1.18 bits per heavy atom. The van der Waals surface area contributed by atoms with Crippen LogP contribution < -0.4 is 10.9 Å². The number of halogens is 1. The van der Waals surface area contributed by atoms with Gasteiger partial charge in [0, 0.05) is 24.6 Å². The van der Waals surface area contributed by atoms with Crippen molar-refractivity contribution in [3.8, 4) is 11.3 Å². The van der Waals surface area contributed by atoms with Gasteiger partial charge < -0.3 is 10.2 Å². The maximum absolute atomic E-state index is 13.4. The van der Waals surface area contributed by atoms with Crippen LogP contribution in [0.3, 0.4) is 0 Å². The predicted molar refractivity (Wildman–Crippen MR) is 110 cm³/mol.